The lowest BCUT2D eigenvalue weighted by Crippen LogP contribution is -2.58. The SMILES string of the molecule is COc1ccc(COC[C@@H](/C=C\C(=O)N2CCC3(CC2)CN(CC2CCCOC2)CCO3)C(F)(F)F)cc1. The van der Waals surface area contributed by atoms with Crippen molar-refractivity contribution in [2.45, 2.75) is 44.1 Å². The van der Waals surface area contributed by atoms with Gasteiger partial charge < -0.3 is 23.8 Å². The van der Waals surface area contributed by atoms with E-state index in [0.717, 1.165) is 57.0 Å². The second kappa shape index (κ2) is 13.3. The van der Waals surface area contributed by atoms with E-state index < -0.39 is 24.6 Å². The summed E-state index contributed by atoms with van der Waals surface area (Å²) in [6.07, 6.45) is 1.11. The Morgan fingerprint density at radius 2 is 1.95 bits per heavy atom. The molecule has 1 aromatic carbocycles. The van der Waals surface area contributed by atoms with E-state index in [1.54, 1.807) is 36.3 Å². The van der Waals surface area contributed by atoms with Crippen LogP contribution < -0.4 is 4.74 Å². The Morgan fingerprint density at radius 1 is 1.18 bits per heavy atom. The molecular formula is C28H39F3N2O5. The van der Waals surface area contributed by atoms with E-state index >= 15 is 0 Å². The first-order valence-corrected chi connectivity index (χ1v) is 13.4. The van der Waals surface area contributed by atoms with Crippen molar-refractivity contribution in [2.75, 3.05) is 66.3 Å². The minimum Gasteiger partial charge on any atom is -0.497 e. The predicted octanol–water partition coefficient (Wildman–Crippen LogP) is 4.07. The summed E-state index contributed by atoms with van der Waals surface area (Å²) in [5.41, 5.74) is 0.447. The van der Waals surface area contributed by atoms with Crippen molar-refractivity contribution in [1.82, 2.24) is 9.80 Å². The molecule has 0 radical (unpaired) electrons. The van der Waals surface area contributed by atoms with E-state index in [1.165, 1.54) is 6.42 Å². The molecule has 0 aromatic heterocycles. The number of carbonyl (C=O) groups excluding carboxylic acids is 1. The first-order chi connectivity index (χ1) is 18.3. The van der Waals surface area contributed by atoms with Crippen LogP contribution in [0.15, 0.2) is 36.4 Å². The first kappa shape index (κ1) is 28.9. The molecule has 1 amide bonds. The van der Waals surface area contributed by atoms with Gasteiger partial charge in [0, 0.05) is 39.3 Å². The van der Waals surface area contributed by atoms with Gasteiger partial charge in [0.2, 0.25) is 5.91 Å². The molecule has 3 heterocycles. The lowest BCUT2D eigenvalue weighted by atomic mass is 9.88. The number of carbonyl (C=O) groups is 1. The van der Waals surface area contributed by atoms with Gasteiger partial charge in [0.1, 0.15) is 5.75 Å². The molecule has 10 heteroatoms. The molecule has 0 aliphatic carbocycles. The van der Waals surface area contributed by atoms with Gasteiger partial charge >= 0.3 is 6.18 Å². The zero-order valence-corrected chi connectivity index (χ0v) is 22.1. The standard InChI is InChI=1S/C28H39F3N2O5/c1-35-25-7-4-22(5-8-25)18-37-20-24(28(29,30)31)6-9-26(34)33-12-10-27(11-13-33)21-32(14-16-38-27)17-23-3-2-15-36-19-23/h4-9,23-24H,2-3,10-21H2,1H3/b9-6-/t23?,24-/m1/s1. The molecule has 1 spiro atoms. The molecule has 7 nitrogen and oxygen atoms in total. The summed E-state index contributed by atoms with van der Waals surface area (Å²) < 4.78 is 63.0. The van der Waals surface area contributed by atoms with E-state index in [4.69, 9.17) is 18.9 Å². The minimum absolute atomic E-state index is 0.0390. The van der Waals surface area contributed by atoms with E-state index in [9.17, 15) is 18.0 Å². The van der Waals surface area contributed by atoms with E-state index in [0.29, 0.717) is 44.2 Å². The van der Waals surface area contributed by atoms with Crippen LogP contribution in [0.3, 0.4) is 0 Å². The van der Waals surface area contributed by atoms with Crippen LogP contribution in [0.1, 0.15) is 31.2 Å². The molecule has 4 rings (SSSR count). The van der Waals surface area contributed by atoms with Gasteiger partial charge in [-0.15, -0.1) is 0 Å². The van der Waals surface area contributed by atoms with Crippen molar-refractivity contribution in [3.8, 4) is 5.75 Å². The Morgan fingerprint density at radius 3 is 2.61 bits per heavy atom. The monoisotopic (exact) mass is 540 g/mol. The van der Waals surface area contributed by atoms with Gasteiger partial charge in [-0.1, -0.05) is 18.2 Å². The molecule has 0 N–H and O–H groups in total. The average molecular weight is 541 g/mol. The predicted molar refractivity (Wildman–Crippen MR) is 136 cm³/mol. The zero-order valence-electron chi connectivity index (χ0n) is 22.1. The summed E-state index contributed by atoms with van der Waals surface area (Å²) in [5.74, 6) is -1.06. The lowest BCUT2D eigenvalue weighted by Gasteiger charge is -2.48. The highest BCUT2D eigenvalue weighted by molar-refractivity contribution is 5.87. The summed E-state index contributed by atoms with van der Waals surface area (Å²) in [7, 11) is 1.54. The number of hydrogen-bond acceptors (Lipinski definition) is 6. The van der Waals surface area contributed by atoms with Crippen molar-refractivity contribution in [2.24, 2.45) is 11.8 Å². The average Bonchev–Trinajstić information content (AvgIpc) is 2.91. The topological polar surface area (TPSA) is 60.5 Å². The molecule has 3 aliphatic heterocycles. The number of benzene rings is 1. The van der Waals surface area contributed by atoms with Crippen LogP contribution >= 0.6 is 0 Å². The fourth-order valence-corrected chi connectivity index (χ4v) is 5.42. The molecule has 1 unspecified atom stereocenters. The number of ether oxygens (including phenoxy) is 4. The Bertz CT molecular complexity index is 910. The molecule has 3 fully saturated rings. The van der Waals surface area contributed by atoms with Gasteiger partial charge in [-0.2, -0.15) is 13.2 Å². The van der Waals surface area contributed by atoms with E-state index in [1.807, 2.05) is 0 Å². The molecular weight excluding hydrogens is 501 g/mol. The van der Waals surface area contributed by atoms with Crippen LogP contribution in [0.5, 0.6) is 5.75 Å². The van der Waals surface area contributed by atoms with Crippen molar-refractivity contribution >= 4 is 5.91 Å². The maximum atomic E-state index is 13.6. The van der Waals surface area contributed by atoms with E-state index in [2.05, 4.69) is 4.90 Å². The number of hydrogen-bond donors (Lipinski definition) is 0. The summed E-state index contributed by atoms with van der Waals surface area (Å²) in [5, 5.41) is 0. The highest BCUT2D eigenvalue weighted by Gasteiger charge is 2.41. The summed E-state index contributed by atoms with van der Waals surface area (Å²) in [6, 6.07) is 6.93. The first-order valence-electron chi connectivity index (χ1n) is 13.4. The zero-order chi connectivity index (χ0) is 27.0. The largest absolute Gasteiger partial charge is 0.497 e. The number of methoxy groups -OCH3 is 1. The fraction of sp³-hybridized carbons (Fsp3) is 0.679. The number of piperidine rings is 1. The highest BCUT2D eigenvalue weighted by Crippen LogP contribution is 2.32. The Balaban J connectivity index is 1.24. The van der Waals surface area contributed by atoms with Crippen LogP contribution in [0.25, 0.3) is 0 Å². The molecule has 38 heavy (non-hydrogen) atoms. The molecule has 212 valence electrons. The molecule has 3 aliphatic rings. The third-order valence-corrected chi connectivity index (χ3v) is 7.70. The number of amides is 1. The number of halogens is 3. The van der Waals surface area contributed by atoms with Crippen LogP contribution in [0.2, 0.25) is 0 Å². The molecule has 0 bridgehead atoms. The highest BCUT2D eigenvalue weighted by atomic mass is 19.4. The Hall–Kier alpha value is -2.14. The normalized spacial score (nSPS) is 23.6. The van der Waals surface area contributed by atoms with Crippen molar-refractivity contribution < 1.29 is 36.9 Å². The van der Waals surface area contributed by atoms with Gasteiger partial charge in [0.15, 0.2) is 0 Å². The second-order valence-corrected chi connectivity index (χ2v) is 10.5. The maximum Gasteiger partial charge on any atom is 0.397 e. The summed E-state index contributed by atoms with van der Waals surface area (Å²) >= 11 is 0. The maximum absolute atomic E-state index is 13.6. The van der Waals surface area contributed by atoms with Crippen molar-refractivity contribution in [3.05, 3.63) is 42.0 Å². The number of morpholine rings is 1. The Kier molecular flexibility index (Phi) is 10.1. The number of alkyl halides is 3. The van der Waals surface area contributed by atoms with Crippen molar-refractivity contribution in [3.63, 3.8) is 0 Å². The second-order valence-electron chi connectivity index (χ2n) is 10.5. The van der Waals surface area contributed by atoms with Crippen molar-refractivity contribution in [1.29, 1.82) is 0 Å². The van der Waals surface area contributed by atoms with Gasteiger partial charge in [0.05, 0.1) is 45.1 Å². The van der Waals surface area contributed by atoms with Gasteiger partial charge in [-0.3, -0.25) is 9.69 Å². The van der Waals surface area contributed by atoms with Crippen LogP contribution in [-0.4, -0.2) is 93.7 Å². The molecule has 0 saturated carbocycles. The van der Waals surface area contributed by atoms with Gasteiger partial charge in [-0.25, -0.2) is 0 Å². The number of nitrogens with zero attached hydrogens (tertiary/aromatic N) is 2. The fourth-order valence-electron chi connectivity index (χ4n) is 5.42. The van der Waals surface area contributed by atoms with E-state index in [-0.39, 0.29) is 12.2 Å². The summed E-state index contributed by atoms with van der Waals surface area (Å²) in [4.78, 5) is 16.8. The quantitative estimate of drug-likeness (QED) is 0.441. The van der Waals surface area contributed by atoms with Gasteiger partial charge in [-0.05, 0) is 55.4 Å². The number of rotatable bonds is 9. The number of likely N-dealkylation sites (tertiary alicyclic amines) is 1. The molecule has 3 saturated heterocycles. The van der Waals surface area contributed by atoms with Crippen LogP contribution in [0.4, 0.5) is 13.2 Å². The minimum atomic E-state index is -4.51. The van der Waals surface area contributed by atoms with Gasteiger partial charge in [0.25, 0.3) is 0 Å². The molecule has 2 atom stereocenters. The Labute approximate surface area is 222 Å². The van der Waals surface area contributed by atoms with Crippen LogP contribution in [0, 0.1) is 11.8 Å². The smallest absolute Gasteiger partial charge is 0.397 e. The third-order valence-electron chi connectivity index (χ3n) is 7.70. The summed E-state index contributed by atoms with van der Waals surface area (Å²) in [6.45, 7) is 5.44. The lowest BCUT2D eigenvalue weighted by molar-refractivity contribution is -0.175. The van der Waals surface area contributed by atoms with Crippen LogP contribution in [-0.2, 0) is 25.6 Å². The molecule has 1 aromatic rings. The third kappa shape index (κ3) is 8.18.